The van der Waals surface area contributed by atoms with Crippen molar-refractivity contribution in [2.24, 2.45) is 0 Å². The minimum Gasteiger partial charge on any atom is -0.504 e. The molecule has 4 nitrogen and oxygen atoms in total. The molecule has 0 unspecified atom stereocenters. The fourth-order valence-corrected chi connectivity index (χ4v) is 2.59. The maximum Gasteiger partial charge on any atom is 0.163 e. The molecule has 1 aliphatic rings. The number of hydrogen-bond acceptors (Lipinski definition) is 4. The molecule has 19 heavy (non-hydrogen) atoms. The van der Waals surface area contributed by atoms with E-state index < -0.39 is 0 Å². The highest BCUT2D eigenvalue weighted by atomic mass is 16.5. The third kappa shape index (κ3) is 3.19. The van der Waals surface area contributed by atoms with Crippen molar-refractivity contribution in [1.29, 1.82) is 0 Å². The number of phenols is 1. The third-order valence-electron chi connectivity index (χ3n) is 3.95. The molecule has 1 saturated heterocycles. The lowest BCUT2D eigenvalue weighted by Crippen LogP contribution is -2.44. The van der Waals surface area contributed by atoms with Gasteiger partial charge in [-0.25, -0.2) is 0 Å². The Morgan fingerprint density at radius 1 is 1.32 bits per heavy atom. The number of piperazine rings is 1. The molecule has 0 aliphatic carbocycles. The Morgan fingerprint density at radius 2 is 2.00 bits per heavy atom. The van der Waals surface area contributed by atoms with Gasteiger partial charge in [0.1, 0.15) is 0 Å². The molecule has 1 aromatic carbocycles. The fraction of sp³-hybridized carbons (Fsp3) is 0.600. The van der Waals surface area contributed by atoms with E-state index in [2.05, 4.69) is 23.2 Å². The number of rotatable bonds is 4. The van der Waals surface area contributed by atoms with E-state index in [9.17, 15) is 5.11 Å². The van der Waals surface area contributed by atoms with Gasteiger partial charge in [0, 0.05) is 32.7 Å². The second-order valence-electron chi connectivity index (χ2n) is 5.20. The smallest absolute Gasteiger partial charge is 0.163 e. The van der Waals surface area contributed by atoms with Crippen molar-refractivity contribution in [1.82, 2.24) is 10.2 Å². The number of benzene rings is 1. The number of phenolic OH excluding ortho intramolecular Hbond substituents is 1. The van der Waals surface area contributed by atoms with Gasteiger partial charge in [0.2, 0.25) is 0 Å². The summed E-state index contributed by atoms with van der Waals surface area (Å²) < 4.78 is 5.32. The van der Waals surface area contributed by atoms with Crippen molar-refractivity contribution in [2.75, 3.05) is 39.8 Å². The van der Waals surface area contributed by atoms with Gasteiger partial charge in [-0.1, -0.05) is 6.07 Å². The average molecular weight is 264 g/mol. The van der Waals surface area contributed by atoms with E-state index in [0.29, 0.717) is 11.5 Å². The van der Waals surface area contributed by atoms with E-state index in [0.717, 1.165) is 50.3 Å². The van der Waals surface area contributed by atoms with E-state index in [-0.39, 0.29) is 0 Å². The lowest BCUT2D eigenvalue weighted by Gasteiger charge is -2.27. The molecule has 0 saturated carbocycles. The first-order valence-electron chi connectivity index (χ1n) is 6.92. The summed E-state index contributed by atoms with van der Waals surface area (Å²) in [5, 5.41) is 13.6. The highest BCUT2D eigenvalue weighted by Gasteiger charge is 2.15. The molecule has 0 aromatic heterocycles. The third-order valence-corrected chi connectivity index (χ3v) is 3.95. The Kier molecular flexibility index (Phi) is 4.66. The molecule has 0 radical (unpaired) electrons. The first-order valence-corrected chi connectivity index (χ1v) is 6.92. The summed E-state index contributed by atoms with van der Waals surface area (Å²) >= 11 is 0. The van der Waals surface area contributed by atoms with Crippen LogP contribution in [0.3, 0.4) is 0 Å². The Morgan fingerprint density at radius 3 is 2.63 bits per heavy atom. The number of aryl methyl sites for hydroxylation is 1. The first-order chi connectivity index (χ1) is 9.13. The molecular weight excluding hydrogens is 240 g/mol. The SMILES string of the molecule is COc1c(C)c(C)cc(CCN2CCNCC2)c1O. The summed E-state index contributed by atoms with van der Waals surface area (Å²) in [7, 11) is 1.61. The van der Waals surface area contributed by atoms with Gasteiger partial charge in [0.05, 0.1) is 7.11 Å². The van der Waals surface area contributed by atoms with Crippen LogP contribution in [0.1, 0.15) is 16.7 Å². The molecule has 2 N–H and O–H groups in total. The highest BCUT2D eigenvalue weighted by molar-refractivity contribution is 5.54. The van der Waals surface area contributed by atoms with Crippen molar-refractivity contribution in [3.05, 3.63) is 22.8 Å². The Labute approximate surface area is 115 Å². The minimum absolute atomic E-state index is 0.306. The molecule has 1 aliphatic heterocycles. The number of ether oxygens (including phenoxy) is 1. The lowest BCUT2D eigenvalue weighted by molar-refractivity contribution is 0.243. The van der Waals surface area contributed by atoms with Crippen LogP contribution < -0.4 is 10.1 Å². The lowest BCUT2D eigenvalue weighted by atomic mass is 10.0. The molecule has 1 fully saturated rings. The van der Waals surface area contributed by atoms with Crippen molar-refractivity contribution in [2.45, 2.75) is 20.3 Å². The number of aromatic hydroxyl groups is 1. The van der Waals surface area contributed by atoms with E-state index in [1.165, 1.54) is 5.56 Å². The van der Waals surface area contributed by atoms with Crippen molar-refractivity contribution < 1.29 is 9.84 Å². The Balaban J connectivity index is 2.09. The fourth-order valence-electron chi connectivity index (χ4n) is 2.59. The molecule has 2 rings (SSSR count). The van der Waals surface area contributed by atoms with Crippen LogP contribution in [0.5, 0.6) is 11.5 Å². The van der Waals surface area contributed by atoms with Gasteiger partial charge in [0.15, 0.2) is 11.5 Å². The topological polar surface area (TPSA) is 44.7 Å². The number of hydrogen-bond donors (Lipinski definition) is 2. The van der Waals surface area contributed by atoms with Crippen LogP contribution in [0.4, 0.5) is 0 Å². The summed E-state index contributed by atoms with van der Waals surface area (Å²) in [6.07, 6.45) is 0.864. The molecule has 0 amide bonds. The van der Waals surface area contributed by atoms with E-state index in [1.807, 2.05) is 6.92 Å². The van der Waals surface area contributed by atoms with Gasteiger partial charge in [-0.2, -0.15) is 0 Å². The van der Waals surface area contributed by atoms with Crippen LogP contribution in [-0.2, 0) is 6.42 Å². The van der Waals surface area contributed by atoms with Gasteiger partial charge >= 0.3 is 0 Å². The zero-order chi connectivity index (χ0) is 13.8. The molecule has 0 atom stereocenters. The normalized spacial score (nSPS) is 16.6. The summed E-state index contributed by atoms with van der Waals surface area (Å²) in [5.41, 5.74) is 3.18. The largest absolute Gasteiger partial charge is 0.504 e. The Hall–Kier alpha value is -1.26. The van der Waals surface area contributed by atoms with Crippen LogP contribution in [0.2, 0.25) is 0 Å². The summed E-state index contributed by atoms with van der Waals surface area (Å²) in [6.45, 7) is 9.32. The number of methoxy groups -OCH3 is 1. The predicted octanol–water partition coefficient (Wildman–Crippen LogP) is 1.47. The van der Waals surface area contributed by atoms with Gasteiger partial charge in [-0.3, -0.25) is 0 Å². The molecular formula is C15H24N2O2. The van der Waals surface area contributed by atoms with Crippen LogP contribution in [0.25, 0.3) is 0 Å². The Bertz CT molecular complexity index is 440. The molecule has 0 spiro atoms. The van der Waals surface area contributed by atoms with Gasteiger partial charge < -0.3 is 20.1 Å². The van der Waals surface area contributed by atoms with Gasteiger partial charge in [-0.05, 0) is 37.0 Å². The quantitative estimate of drug-likeness (QED) is 0.864. The van der Waals surface area contributed by atoms with Gasteiger partial charge in [0.25, 0.3) is 0 Å². The first kappa shape index (κ1) is 14.2. The van der Waals surface area contributed by atoms with Crippen LogP contribution in [-0.4, -0.2) is 49.8 Å². The molecule has 0 bridgehead atoms. The minimum atomic E-state index is 0.306. The second-order valence-corrected chi connectivity index (χ2v) is 5.20. The maximum absolute atomic E-state index is 10.3. The van der Waals surface area contributed by atoms with Crippen LogP contribution >= 0.6 is 0 Å². The van der Waals surface area contributed by atoms with E-state index in [1.54, 1.807) is 7.11 Å². The van der Waals surface area contributed by atoms with E-state index in [4.69, 9.17) is 4.74 Å². The van der Waals surface area contributed by atoms with Crippen LogP contribution in [0, 0.1) is 13.8 Å². The van der Waals surface area contributed by atoms with Crippen molar-refractivity contribution in [3.63, 3.8) is 0 Å². The van der Waals surface area contributed by atoms with Crippen molar-refractivity contribution >= 4 is 0 Å². The molecule has 1 heterocycles. The summed E-state index contributed by atoms with van der Waals surface area (Å²) in [6, 6.07) is 2.08. The standard InChI is InChI=1S/C15H24N2O2/c1-11-10-13(14(18)15(19-3)12(11)2)4-7-17-8-5-16-6-9-17/h10,16,18H,4-9H2,1-3H3. The highest BCUT2D eigenvalue weighted by Crippen LogP contribution is 2.35. The van der Waals surface area contributed by atoms with E-state index >= 15 is 0 Å². The van der Waals surface area contributed by atoms with Crippen molar-refractivity contribution in [3.8, 4) is 11.5 Å². The summed E-state index contributed by atoms with van der Waals surface area (Å²) in [4.78, 5) is 2.43. The zero-order valence-electron chi connectivity index (χ0n) is 12.1. The second kappa shape index (κ2) is 6.26. The zero-order valence-corrected chi connectivity index (χ0v) is 12.1. The monoisotopic (exact) mass is 264 g/mol. The van der Waals surface area contributed by atoms with Gasteiger partial charge in [-0.15, -0.1) is 0 Å². The average Bonchev–Trinajstić information content (AvgIpc) is 2.43. The number of nitrogens with zero attached hydrogens (tertiary/aromatic N) is 1. The maximum atomic E-state index is 10.3. The summed E-state index contributed by atoms with van der Waals surface area (Å²) in [5.74, 6) is 0.927. The number of nitrogens with one attached hydrogen (secondary N) is 1. The molecule has 4 heteroatoms. The molecule has 106 valence electrons. The molecule has 1 aromatic rings. The van der Waals surface area contributed by atoms with Crippen LogP contribution in [0.15, 0.2) is 6.07 Å². The predicted molar refractivity (Wildman–Crippen MR) is 77.1 cm³/mol.